The molecule has 0 aromatic heterocycles. The smallest absolute Gasteiger partial charge is 0.408 e. The molecule has 7 nitrogen and oxygen atoms in total. The van der Waals surface area contributed by atoms with Crippen LogP contribution in [0.2, 0.25) is 0 Å². The van der Waals surface area contributed by atoms with Gasteiger partial charge in [0.1, 0.15) is 22.9 Å². The lowest BCUT2D eigenvalue weighted by Crippen LogP contribution is -2.72. The predicted molar refractivity (Wildman–Crippen MR) is 94.7 cm³/mol. The lowest BCUT2D eigenvalue weighted by molar-refractivity contribution is -0.161. The number of nitrogens with zero attached hydrogens (tertiary/aromatic N) is 1. The summed E-state index contributed by atoms with van der Waals surface area (Å²) in [5.74, 6) is 1.47. The van der Waals surface area contributed by atoms with Crippen molar-refractivity contribution in [1.82, 2.24) is 10.2 Å². The van der Waals surface area contributed by atoms with E-state index >= 15 is 0 Å². The van der Waals surface area contributed by atoms with Crippen LogP contribution in [0.25, 0.3) is 0 Å². The third-order valence-electron chi connectivity index (χ3n) is 3.88. The highest BCUT2D eigenvalue weighted by Gasteiger charge is 2.54. The monoisotopic (exact) mass is 362 g/mol. The number of terminal acetylenes is 1. The van der Waals surface area contributed by atoms with Gasteiger partial charge in [-0.15, -0.1) is 6.42 Å². The number of amides is 2. The number of hydrogen-bond donors (Lipinski definition) is 1. The Labute approximate surface area is 154 Å². The Kier molecular flexibility index (Phi) is 5.09. The first-order valence-corrected chi connectivity index (χ1v) is 8.60. The molecule has 0 bridgehead atoms. The van der Waals surface area contributed by atoms with E-state index in [4.69, 9.17) is 15.9 Å². The number of hydrogen-bond acceptors (Lipinski definition) is 5. The summed E-state index contributed by atoms with van der Waals surface area (Å²) in [6.45, 7) is 10.4. The molecule has 2 aliphatic heterocycles. The van der Waals surface area contributed by atoms with Gasteiger partial charge in [-0.2, -0.15) is 0 Å². The summed E-state index contributed by atoms with van der Waals surface area (Å²) in [5, 5.41) is 2.58. The maximum atomic E-state index is 12.6. The number of carbonyl (C=O) groups excluding carboxylic acids is 3. The molecule has 2 aliphatic rings. The van der Waals surface area contributed by atoms with Crippen molar-refractivity contribution in [1.29, 1.82) is 0 Å². The number of nitrogens with one attached hydrogen (secondary N) is 1. The first-order chi connectivity index (χ1) is 11.8. The third kappa shape index (κ3) is 4.18. The molecule has 26 heavy (non-hydrogen) atoms. The predicted octanol–water partition coefficient (Wildman–Crippen LogP) is 2.11. The quantitative estimate of drug-likeness (QED) is 0.462. The Morgan fingerprint density at radius 2 is 1.73 bits per heavy atom. The summed E-state index contributed by atoms with van der Waals surface area (Å²) in [6.07, 6.45) is 5.87. The van der Waals surface area contributed by atoms with Gasteiger partial charge < -0.3 is 14.8 Å². The summed E-state index contributed by atoms with van der Waals surface area (Å²) in [4.78, 5) is 38.4. The highest BCUT2D eigenvalue weighted by atomic mass is 16.6. The van der Waals surface area contributed by atoms with Crippen LogP contribution < -0.4 is 5.32 Å². The number of β-lactam (4-membered cyclic amide) rings is 1. The molecule has 0 aromatic carbocycles. The van der Waals surface area contributed by atoms with Gasteiger partial charge >= 0.3 is 12.1 Å². The van der Waals surface area contributed by atoms with Crippen molar-refractivity contribution in [3.8, 4) is 12.3 Å². The van der Waals surface area contributed by atoms with Crippen LogP contribution in [0.4, 0.5) is 4.79 Å². The minimum absolute atomic E-state index is 0.103. The molecule has 1 fully saturated rings. The van der Waals surface area contributed by atoms with Crippen LogP contribution in [0, 0.1) is 12.3 Å². The van der Waals surface area contributed by atoms with Crippen molar-refractivity contribution >= 4 is 18.0 Å². The average Bonchev–Trinajstić information content (AvgIpc) is 2.47. The summed E-state index contributed by atoms with van der Waals surface area (Å²) in [7, 11) is 0. The molecule has 0 radical (unpaired) electrons. The normalized spacial score (nSPS) is 22.8. The molecule has 2 atom stereocenters. The zero-order valence-electron chi connectivity index (χ0n) is 16.1. The van der Waals surface area contributed by atoms with Crippen molar-refractivity contribution < 1.29 is 23.9 Å². The molecule has 2 rings (SSSR count). The molecule has 2 amide bonds. The maximum Gasteiger partial charge on any atom is 0.408 e. The van der Waals surface area contributed by atoms with E-state index in [2.05, 4.69) is 11.2 Å². The van der Waals surface area contributed by atoms with Gasteiger partial charge in [0, 0.05) is 5.57 Å². The van der Waals surface area contributed by atoms with Crippen LogP contribution in [-0.4, -0.2) is 46.2 Å². The van der Waals surface area contributed by atoms with Crippen molar-refractivity contribution in [2.45, 2.75) is 77.7 Å². The minimum Gasteiger partial charge on any atom is -0.455 e. The molecule has 142 valence electrons. The Hall–Kier alpha value is -2.49. The SMILES string of the molecule is C#CC1=C(C(=O)OC(C)(C)C)N2C(=O)[C@@H](NC(=O)OC(C)(C)C)[C@H]2CC1. The first kappa shape index (κ1) is 19.8. The second kappa shape index (κ2) is 6.67. The molecule has 0 aromatic rings. The van der Waals surface area contributed by atoms with E-state index in [1.54, 1.807) is 41.5 Å². The molecule has 1 saturated heterocycles. The number of esters is 1. The van der Waals surface area contributed by atoms with E-state index in [0.717, 1.165) is 0 Å². The van der Waals surface area contributed by atoms with E-state index in [1.165, 1.54) is 4.90 Å². The molecule has 0 saturated carbocycles. The highest BCUT2D eigenvalue weighted by Crippen LogP contribution is 2.37. The number of carbonyl (C=O) groups is 3. The lowest BCUT2D eigenvalue weighted by atomic mass is 9.83. The maximum absolute atomic E-state index is 12.6. The van der Waals surface area contributed by atoms with Crippen molar-refractivity contribution in [3.05, 3.63) is 11.3 Å². The number of allylic oxidation sites excluding steroid dienone is 1. The standard InChI is InChI=1S/C19H26N2O5/c1-8-11-9-10-12-13(20-17(24)26-19(5,6)7)15(22)21(12)14(11)16(23)25-18(2,3)4/h1,12-13H,9-10H2,2-7H3,(H,20,24)/t12-,13+/m1/s1. The number of alkyl carbamates (subject to hydrolysis) is 1. The largest absolute Gasteiger partial charge is 0.455 e. The van der Waals surface area contributed by atoms with Gasteiger partial charge in [-0.3, -0.25) is 9.69 Å². The zero-order valence-corrected chi connectivity index (χ0v) is 16.1. The van der Waals surface area contributed by atoms with E-state index in [0.29, 0.717) is 18.4 Å². The second-order valence-corrected chi connectivity index (χ2v) is 8.41. The van der Waals surface area contributed by atoms with Gasteiger partial charge in [0.25, 0.3) is 5.91 Å². The molecule has 7 heteroatoms. The van der Waals surface area contributed by atoms with Gasteiger partial charge in [0.05, 0.1) is 6.04 Å². The molecular formula is C19H26N2O5. The summed E-state index contributed by atoms with van der Waals surface area (Å²) < 4.78 is 10.6. The van der Waals surface area contributed by atoms with Crippen LogP contribution in [0.15, 0.2) is 11.3 Å². The number of fused-ring (bicyclic) bond motifs is 1. The van der Waals surface area contributed by atoms with Crippen LogP contribution in [0.5, 0.6) is 0 Å². The van der Waals surface area contributed by atoms with Gasteiger partial charge in [0.15, 0.2) is 0 Å². The fourth-order valence-corrected chi connectivity index (χ4v) is 2.95. The summed E-state index contributed by atoms with van der Waals surface area (Å²) in [6, 6.07) is -1.07. The Morgan fingerprint density at radius 3 is 2.23 bits per heavy atom. The topological polar surface area (TPSA) is 84.9 Å². The summed E-state index contributed by atoms with van der Waals surface area (Å²) in [5.41, 5.74) is -0.828. The van der Waals surface area contributed by atoms with Gasteiger partial charge in [-0.25, -0.2) is 9.59 Å². The van der Waals surface area contributed by atoms with Gasteiger partial charge in [0.2, 0.25) is 0 Å². The number of ether oxygens (including phenoxy) is 2. The summed E-state index contributed by atoms with van der Waals surface area (Å²) >= 11 is 0. The van der Waals surface area contributed by atoms with E-state index in [9.17, 15) is 14.4 Å². The van der Waals surface area contributed by atoms with Gasteiger partial charge in [-0.05, 0) is 54.4 Å². The van der Waals surface area contributed by atoms with Crippen molar-refractivity contribution in [3.63, 3.8) is 0 Å². The molecule has 2 heterocycles. The van der Waals surface area contributed by atoms with Crippen LogP contribution in [0.3, 0.4) is 0 Å². The fourth-order valence-electron chi connectivity index (χ4n) is 2.95. The van der Waals surface area contributed by atoms with Crippen LogP contribution in [0.1, 0.15) is 54.4 Å². The van der Waals surface area contributed by atoms with E-state index < -0.39 is 35.2 Å². The number of rotatable bonds is 2. The average molecular weight is 362 g/mol. The van der Waals surface area contributed by atoms with E-state index in [1.807, 2.05) is 0 Å². The Morgan fingerprint density at radius 1 is 1.15 bits per heavy atom. The highest BCUT2D eigenvalue weighted by molar-refractivity contribution is 6.02. The first-order valence-electron chi connectivity index (χ1n) is 8.60. The third-order valence-corrected chi connectivity index (χ3v) is 3.88. The molecule has 0 spiro atoms. The van der Waals surface area contributed by atoms with Gasteiger partial charge in [-0.1, -0.05) is 5.92 Å². The molecule has 0 aliphatic carbocycles. The zero-order chi connectivity index (χ0) is 19.9. The minimum atomic E-state index is -0.735. The molecule has 0 unspecified atom stereocenters. The van der Waals surface area contributed by atoms with Crippen LogP contribution in [-0.2, 0) is 19.1 Å². The molecular weight excluding hydrogens is 336 g/mol. The second-order valence-electron chi connectivity index (χ2n) is 8.41. The van der Waals surface area contributed by atoms with E-state index in [-0.39, 0.29) is 11.7 Å². The molecule has 1 N–H and O–H groups in total. The van der Waals surface area contributed by atoms with Crippen LogP contribution >= 0.6 is 0 Å². The lowest BCUT2D eigenvalue weighted by Gasteiger charge is -2.50. The fraction of sp³-hybridized carbons (Fsp3) is 0.632. The Bertz CT molecular complexity index is 703. The Balaban J connectivity index is 2.18. The van der Waals surface area contributed by atoms with Crippen molar-refractivity contribution in [2.24, 2.45) is 0 Å². The van der Waals surface area contributed by atoms with Crippen molar-refractivity contribution in [2.75, 3.05) is 0 Å².